The van der Waals surface area contributed by atoms with Gasteiger partial charge in [0, 0.05) is 18.4 Å². The molecular formula is C18H25N2O+. The van der Waals surface area contributed by atoms with E-state index in [9.17, 15) is 4.79 Å². The monoisotopic (exact) mass is 285 g/mol. The third kappa shape index (κ3) is 4.91. The molecule has 1 fully saturated rings. The van der Waals surface area contributed by atoms with E-state index in [-0.39, 0.29) is 5.91 Å². The van der Waals surface area contributed by atoms with E-state index in [0.717, 1.165) is 6.54 Å². The Kier molecular flexibility index (Phi) is 5.41. The van der Waals surface area contributed by atoms with E-state index in [4.69, 9.17) is 6.42 Å². The molecule has 3 nitrogen and oxygen atoms in total. The van der Waals surface area contributed by atoms with Gasteiger partial charge >= 0.3 is 0 Å². The molecule has 3 heteroatoms. The van der Waals surface area contributed by atoms with Crippen molar-refractivity contribution in [3.05, 3.63) is 35.4 Å². The molecule has 1 unspecified atom stereocenters. The van der Waals surface area contributed by atoms with Gasteiger partial charge in [-0.25, -0.2) is 0 Å². The molecule has 1 aliphatic carbocycles. The van der Waals surface area contributed by atoms with Crippen LogP contribution in [-0.2, 0) is 11.3 Å². The lowest BCUT2D eigenvalue weighted by Crippen LogP contribution is -3.13. The minimum atomic E-state index is 0.0497. The average molecular weight is 285 g/mol. The van der Waals surface area contributed by atoms with Gasteiger partial charge in [0.15, 0.2) is 6.54 Å². The number of rotatable bonds is 7. The molecule has 2 N–H and O–H groups in total. The Morgan fingerprint density at radius 1 is 1.38 bits per heavy atom. The molecular weight excluding hydrogens is 260 g/mol. The van der Waals surface area contributed by atoms with Gasteiger partial charge in [0.2, 0.25) is 0 Å². The molecule has 0 heterocycles. The van der Waals surface area contributed by atoms with Crippen LogP contribution in [0.15, 0.2) is 24.3 Å². The predicted molar refractivity (Wildman–Crippen MR) is 84.9 cm³/mol. The molecule has 0 aromatic heterocycles. The van der Waals surface area contributed by atoms with Crippen LogP contribution in [0.4, 0.5) is 0 Å². The molecule has 21 heavy (non-hydrogen) atoms. The summed E-state index contributed by atoms with van der Waals surface area (Å²) in [5.74, 6) is 3.05. The lowest BCUT2D eigenvalue weighted by atomic mass is 10.0. The summed E-state index contributed by atoms with van der Waals surface area (Å²) in [6.45, 7) is 6.14. The number of quaternary nitrogens is 1. The maximum Gasteiger partial charge on any atom is 0.275 e. The summed E-state index contributed by atoms with van der Waals surface area (Å²) >= 11 is 0. The largest absolute Gasteiger partial charge is 0.340 e. The van der Waals surface area contributed by atoms with Gasteiger partial charge < -0.3 is 10.2 Å². The molecule has 1 aromatic carbocycles. The Balaban J connectivity index is 1.93. The van der Waals surface area contributed by atoms with Crippen LogP contribution in [0.1, 0.15) is 43.7 Å². The van der Waals surface area contributed by atoms with Gasteiger partial charge in [-0.3, -0.25) is 4.79 Å². The van der Waals surface area contributed by atoms with Crippen molar-refractivity contribution in [2.24, 2.45) is 0 Å². The highest BCUT2D eigenvalue weighted by atomic mass is 16.2. The lowest BCUT2D eigenvalue weighted by Gasteiger charge is -2.19. The highest BCUT2D eigenvalue weighted by molar-refractivity contribution is 5.77. The van der Waals surface area contributed by atoms with Crippen molar-refractivity contribution in [2.45, 2.75) is 45.2 Å². The van der Waals surface area contributed by atoms with Crippen LogP contribution in [-0.4, -0.2) is 25.0 Å². The molecule has 0 bridgehead atoms. The van der Waals surface area contributed by atoms with Crippen molar-refractivity contribution in [3.8, 4) is 12.3 Å². The van der Waals surface area contributed by atoms with E-state index in [0.29, 0.717) is 25.0 Å². The van der Waals surface area contributed by atoms with E-state index in [1.165, 1.54) is 28.9 Å². The molecule has 1 amide bonds. The molecule has 1 aromatic rings. The molecule has 0 spiro atoms. The zero-order valence-corrected chi connectivity index (χ0v) is 13.0. The normalized spacial score (nSPS) is 15.5. The summed E-state index contributed by atoms with van der Waals surface area (Å²) in [4.78, 5) is 13.2. The Morgan fingerprint density at radius 3 is 2.57 bits per heavy atom. The first kappa shape index (κ1) is 15.6. The maximum atomic E-state index is 11.9. The van der Waals surface area contributed by atoms with Crippen molar-refractivity contribution >= 4 is 5.91 Å². The van der Waals surface area contributed by atoms with Gasteiger partial charge in [-0.1, -0.05) is 44.0 Å². The first-order valence-electron chi connectivity index (χ1n) is 7.73. The molecule has 112 valence electrons. The maximum absolute atomic E-state index is 11.9. The number of carbonyl (C=O) groups is 1. The summed E-state index contributed by atoms with van der Waals surface area (Å²) in [6.07, 6.45) is 7.62. The Labute approximate surface area is 127 Å². The van der Waals surface area contributed by atoms with Gasteiger partial charge in [-0.15, -0.1) is 6.42 Å². The van der Waals surface area contributed by atoms with Crippen LogP contribution >= 0.6 is 0 Å². The third-order valence-electron chi connectivity index (χ3n) is 4.01. The predicted octanol–water partition coefficient (Wildman–Crippen LogP) is 1.11. The highest BCUT2D eigenvalue weighted by Crippen LogP contribution is 2.17. The molecule has 0 radical (unpaired) electrons. The van der Waals surface area contributed by atoms with Crippen molar-refractivity contribution in [2.75, 3.05) is 13.1 Å². The zero-order chi connectivity index (χ0) is 15.2. The smallest absolute Gasteiger partial charge is 0.275 e. The Bertz CT molecular complexity index is 509. The summed E-state index contributed by atoms with van der Waals surface area (Å²) in [5, 5.41) is 2.76. The number of terminal acetylenes is 1. The first-order valence-corrected chi connectivity index (χ1v) is 7.73. The van der Waals surface area contributed by atoms with E-state index < -0.39 is 0 Å². The highest BCUT2D eigenvalue weighted by Gasteiger charge is 2.34. The minimum absolute atomic E-state index is 0.0497. The van der Waals surface area contributed by atoms with Gasteiger partial charge in [-0.2, -0.15) is 0 Å². The van der Waals surface area contributed by atoms with Crippen LogP contribution in [0.5, 0.6) is 0 Å². The van der Waals surface area contributed by atoms with Crippen molar-refractivity contribution in [1.82, 2.24) is 5.32 Å². The lowest BCUT2D eigenvalue weighted by molar-refractivity contribution is -0.917. The second-order valence-electron chi connectivity index (χ2n) is 6.16. The van der Waals surface area contributed by atoms with Crippen molar-refractivity contribution in [1.29, 1.82) is 0 Å². The van der Waals surface area contributed by atoms with Gasteiger partial charge in [-0.05, 0) is 11.5 Å². The fraction of sp³-hybridized carbons (Fsp3) is 0.500. The average Bonchev–Trinajstić information content (AvgIpc) is 3.29. The fourth-order valence-corrected chi connectivity index (χ4v) is 2.54. The van der Waals surface area contributed by atoms with Crippen LogP contribution in [0.3, 0.4) is 0 Å². The number of nitrogens with one attached hydrogen (secondary N) is 2. The topological polar surface area (TPSA) is 33.5 Å². The van der Waals surface area contributed by atoms with Gasteiger partial charge in [0.25, 0.3) is 5.91 Å². The molecule has 1 aliphatic rings. The molecule has 1 atom stereocenters. The Hall–Kier alpha value is -1.79. The number of hydrogen-bond donors (Lipinski definition) is 2. The number of hydrogen-bond acceptors (Lipinski definition) is 1. The summed E-state index contributed by atoms with van der Waals surface area (Å²) < 4.78 is 0. The first-order chi connectivity index (χ1) is 10.1. The van der Waals surface area contributed by atoms with E-state index >= 15 is 0 Å². The second-order valence-corrected chi connectivity index (χ2v) is 6.16. The fourth-order valence-electron chi connectivity index (χ4n) is 2.54. The SMILES string of the molecule is C#CCNC(=O)C[NH+](Cc1ccc(C(C)C)cc1)C1CC1. The minimum Gasteiger partial charge on any atom is -0.340 e. The van der Waals surface area contributed by atoms with Crippen molar-refractivity contribution in [3.63, 3.8) is 0 Å². The summed E-state index contributed by atoms with van der Waals surface area (Å²) in [5.41, 5.74) is 2.66. The van der Waals surface area contributed by atoms with E-state index in [1.54, 1.807) is 0 Å². The van der Waals surface area contributed by atoms with Crippen LogP contribution in [0.25, 0.3) is 0 Å². The zero-order valence-electron chi connectivity index (χ0n) is 13.0. The van der Waals surface area contributed by atoms with Crippen LogP contribution in [0, 0.1) is 12.3 Å². The van der Waals surface area contributed by atoms with Crippen LogP contribution < -0.4 is 10.2 Å². The molecule has 0 saturated heterocycles. The quantitative estimate of drug-likeness (QED) is 0.723. The number of amides is 1. The van der Waals surface area contributed by atoms with Gasteiger partial charge in [0.05, 0.1) is 12.6 Å². The molecule has 0 aliphatic heterocycles. The molecule has 2 rings (SSSR count). The number of carbonyl (C=O) groups excluding carboxylic acids is 1. The Morgan fingerprint density at radius 2 is 2.05 bits per heavy atom. The van der Waals surface area contributed by atoms with Gasteiger partial charge in [0.1, 0.15) is 6.54 Å². The van der Waals surface area contributed by atoms with Crippen molar-refractivity contribution < 1.29 is 9.69 Å². The second kappa shape index (κ2) is 7.28. The summed E-state index contributed by atoms with van der Waals surface area (Å²) in [6, 6.07) is 9.41. The standard InChI is InChI=1S/C18H24N2O/c1-4-11-19-18(21)13-20(17-9-10-17)12-15-5-7-16(8-6-15)14(2)3/h1,5-8,14,17H,9-13H2,2-3H3,(H,19,21)/p+1. The molecule has 1 saturated carbocycles. The number of benzene rings is 1. The third-order valence-corrected chi connectivity index (χ3v) is 4.01. The van der Waals surface area contributed by atoms with Crippen LogP contribution in [0.2, 0.25) is 0 Å². The summed E-state index contributed by atoms with van der Waals surface area (Å²) in [7, 11) is 0. The van der Waals surface area contributed by atoms with E-state index in [1.807, 2.05) is 0 Å². The van der Waals surface area contributed by atoms with E-state index in [2.05, 4.69) is 49.4 Å².